The number of carbonyl (C=O) groups is 1. The van der Waals surface area contributed by atoms with Gasteiger partial charge in [-0.05, 0) is 18.1 Å². The van der Waals surface area contributed by atoms with E-state index in [1.54, 1.807) is 26.4 Å². The van der Waals surface area contributed by atoms with Crippen molar-refractivity contribution in [3.8, 4) is 0 Å². The lowest BCUT2D eigenvalue weighted by atomic mass is 10.1. The standard InChI is InChI=1S/C15H23NO4/c1-19-10-5-8-16(9-11-20-2)12-13-6-3-4-7-14(13)15(17)18/h3-4,6-7H,5,8-12H2,1-2H3,(H,17,18). The second-order valence-electron chi connectivity index (χ2n) is 4.58. The van der Waals surface area contributed by atoms with Crippen molar-refractivity contribution < 1.29 is 19.4 Å². The Morgan fingerprint density at radius 3 is 2.50 bits per heavy atom. The van der Waals surface area contributed by atoms with E-state index in [4.69, 9.17) is 9.47 Å². The Labute approximate surface area is 120 Å². The number of hydrogen-bond acceptors (Lipinski definition) is 4. The molecule has 0 bridgehead atoms. The summed E-state index contributed by atoms with van der Waals surface area (Å²) in [6.07, 6.45) is 0.912. The fourth-order valence-electron chi connectivity index (χ4n) is 2.03. The first-order valence-electron chi connectivity index (χ1n) is 6.70. The molecule has 0 heterocycles. The van der Waals surface area contributed by atoms with Crippen molar-refractivity contribution in [2.75, 3.05) is 40.5 Å². The zero-order valence-corrected chi connectivity index (χ0v) is 12.2. The highest BCUT2D eigenvalue weighted by Gasteiger charge is 2.12. The van der Waals surface area contributed by atoms with Gasteiger partial charge in [-0.3, -0.25) is 4.90 Å². The van der Waals surface area contributed by atoms with Crippen LogP contribution in [-0.4, -0.2) is 56.5 Å². The number of carboxylic acids is 1. The molecular weight excluding hydrogens is 258 g/mol. The van der Waals surface area contributed by atoms with Crippen molar-refractivity contribution in [3.05, 3.63) is 35.4 Å². The van der Waals surface area contributed by atoms with Crippen LogP contribution in [0.3, 0.4) is 0 Å². The van der Waals surface area contributed by atoms with Crippen LogP contribution >= 0.6 is 0 Å². The van der Waals surface area contributed by atoms with E-state index >= 15 is 0 Å². The average molecular weight is 281 g/mol. The van der Waals surface area contributed by atoms with Gasteiger partial charge in [0.1, 0.15) is 0 Å². The van der Waals surface area contributed by atoms with Gasteiger partial charge in [-0.2, -0.15) is 0 Å². The highest BCUT2D eigenvalue weighted by Crippen LogP contribution is 2.12. The summed E-state index contributed by atoms with van der Waals surface area (Å²) in [5.74, 6) is -0.885. The quantitative estimate of drug-likeness (QED) is 0.663. The van der Waals surface area contributed by atoms with E-state index < -0.39 is 5.97 Å². The minimum atomic E-state index is -0.885. The van der Waals surface area contributed by atoms with Gasteiger partial charge >= 0.3 is 5.97 Å². The average Bonchev–Trinajstić information content (AvgIpc) is 2.45. The third-order valence-electron chi connectivity index (χ3n) is 3.08. The highest BCUT2D eigenvalue weighted by molar-refractivity contribution is 5.89. The lowest BCUT2D eigenvalue weighted by molar-refractivity contribution is 0.0693. The van der Waals surface area contributed by atoms with E-state index in [0.717, 1.165) is 25.1 Å². The molecule has 5 nitrogen and oxygen atoms in total. The van der Waals surface area contributed by atoms with Crippen molar-refractivity contribution in [2.45, 2.75) is 13.0 Å². The zero-order chi connectivity index (χ0) is 14.8. The Bertz CT molecular complexity index is 409. The Kier molecular flexibility index (Phi) is 7.87. The van der Waals surface area contributed by atoms with Gasteiger partial charge in [-0.15, -0.1) is 0 Å². The molecule has 0 saturated heterocycles. The topological polar surface area (TPSA) is 59.0 Å². The monoisotopic (exact) mass is 281 g/mol. The number of ether oxygens (including phenoxy) is 2. The predicted molar refractivity (Wildman–Crippen MR) is 77.0 cm³/mol. The van der Waals surface area contributed by atoms with Crippen molar-refractivity contribution >= 4 is 5.97 Å². The summed E-state index contributed by atoms with van der Waals surface area (Å²) >= 11 is 0. The van der Waals surface area contributed by atoms with Crippen LogP contribution in [-0.2, 0) is 16.0 Å². The lowest BCUT2D eigenvalue weighted by Gasteiger charge is -2.22. The molecule has 0 aliphatic rings. The van der Waals surface area contributed by atoms with E-state index in [1.807, 2.05) is 12.1 Å². The number of carboxylic acid groups (broad SMARTS) is 1. The molecule has 0 aliphatic heterocycles. The van der Waals surface area contributed by atoms with Gasteiger partial charge in [0, 0.05) is 40.5 Å². The summed E-state index contributed by atoms with van der Waals surface area (Å²) in [5, 5.41) is 9.21. The normalized spacial score (nSPS) is 10.9. The fourth-order valence-corrected chi connectivity index (χ4v) is 2.03. The minimum absolute atomic E-state index is 0.363. The van der Waals surface area contributed by atoms with E-state index in [9.17, 15) is 9.90 Å². The Morgan fingerprint density at radius 1 is 1.15 bits per heavy atom. The molecule has 112 valence electrons. The van der Waals surface area contributed by atoms with Gasteiger partial charge in [0.05, 0.1) is 12.2 Å². The molecule has 1 N–H and O–H groups in total. The maximum Gasteiger partial charge on any atom is 0.336 e. The molecule has 0 radical (unpaired) electrons. The first-order valence-corrected chi connectivity index (χ1v) is 6.70. The molecule has 1 aromatic carbocycles. The van der Waals surface area contributed by atoms with Crippen molar-refractivity contribution in [1.29, 1.82) is 0 Å². The summed E-state index contributed by atoms with van der Waals surface area (Å²) in [5.41, 5.74) is 1.19. The van der Waals surface area contributed by atoms with Gasteiger partial charge in [0.25, 0.3) is 0 Å². The largest absolute Gasteiger partial charge is 0.478 e. The van der Waals surface area contributed by atoms with Crippen LogP contribution in [0, 0.1) is 0 Å². The van der Waals surface area contributed by atoms with E-state index in [1.165, 1.54) is 0 Å². The molecule has 20 heavy (non-hydrogen) atoms. The maximum absolute atomic E-state index is 11.2. The van der Waals surface area contributed by atoms with Gasteiger partial charge in [-0.25, -0.2) is 4.79 Å². The van der Waals surface area contributed by atoms with Gasteiger partial charge in [0.2, 0.25) is 0 Å². The molecule has 0 aromatic heterocycles. The highest BCUT2D eigenvalue weighted by atomic mass is 16.5. The Balaban J connectivity index is 2.69. The first-order chi connectivity index (χ1) is 9.69. The van der Waals surface area contributed by atoms with Crippen LogP contribution in [0.1, 0.15) is 22.3 Å². The van der Waals surface area contributed by atoms with Crippen LogP contribution in [0.5, 0.6) is 0 Å². The van der Waals surface area contributed by atoms with Crippen LogP contribution in [0.15, 0.2) is 24.3 Å². The third-order valence-corrected chi connectivity index (χ3v) is 3.08. The molecular formula is C15H23NO4. The molecule has 5 heteroatoms. The second-order valence-corrected chi connectivity index (χ2v) is 4.58. The molecule has 0 spiro atoms. The molecule has 1 rings (SSSR count). The maximum atomic E-state index is 11.2. The summed E-state index contributed by atoms with van der Waals surface area (Å²) in [6, 6.07) is 7.11. The third kappa shape index (κ3) is 5.69. The van der Waals surface area contributed by atoms with Crippen LogP contribution in [0.4, 0.5) is 0 Å². The summed E-state index contributed by atoms with van der Waals surface area (Å²) in [4.78, 5) is 13.4. The summed E-state index contributed by atoms with van der Waals surface area (Å²) in [7, 11) is 3.34. The molecule has 0 aliphatic carbocycles. The van der Waals surface area contributed by atoms with E-state index in [2.05, 4.69) is 4.90 Å². The fraction of sp³-hybridized carbons (Fsp3) is 0.533. The lowest BCUT2D eigenvalue weighted by Crippen LogP contribution is -2.29. The smallest absolute Gasteiger partial charge is 0.336 e. The second kappa shape index (κ2) is 9.47. The number of hydrogen-bond donors (Lipinski definition) is 1. The Hall–Kier alpha value is -1.43. The van der Waals surface area contributed by atoms with Gasteiger partial charge in [0.15, 0.2) is 0 Å². The van der Waals surface area contributed by atoms with Crippen LogP contribution in [0.2, 0.25) is 0 Å². The molecule has 1 aromatic rings. The zero-order valence-electron chi connectivity index (χ0n) is 12.2. The van der Waals surface area contributed by atoms with E-state index in [0.29, 0.717) is 25.3 Å². The molecule has 0 amide bonds. The molecule has 0 saturated carbocycles. The van der Waals surface area contributed by atoms with Gasteiger partial charge < -0.3 is 14.6 Å². The predicted octanol–water partition coefficient (Wildman–Crippen LogP) is 1.87. The Morgan fingerprint density at radius 2 is 1.85 bits per heavy atom. The van der Waals surface area contributed by atoms with Gasteiger partial charge in [-0.1, -0.05) is 18.2 Å². The molecule has 0 atom stereocenters. The molecule has 0 unspecified atom stereocenters. The van der Waals surface area contributed by atoms with E-state index in [-0.39, 0.29) is 0 Å². The van der Waals surface area contributed by atoms with Crippen LogP contribution < -0.4 is 0 Å². The number of rotatable bonds is 10. The van der Waals surface area contributed by atoms with Crippen molar-refractivity contribution in [2.24, 2.45) is 0 Å². The van der Waals surface area contributed by atoms with Crippen molar-refractivity contribution in [1.82, 2.24) is 4.90 Å². The van der Waals surface area contributed by atoms with Crippen molar-refractivity contribution in [3.63, 3.8) is 0 Å². The SMILES string of the molecule is COCCCN(CCOC)Cc1ccccc1C(=O)O. The summed E-state index contributed by atoms with van der Waals surface area (Å²) in [6.45, 7) is 3.56. The first kappa shape index (κ1) is 16.6. The molecule has 0 fully saturated rings. The minimum Gasteiger partial charge on any atom is -0.478 e. The number of benzene rings is 1. The number of aromatic carboxylic acids is 1. The number of methoxy groups -OCH3 is 2. The number of nitrogens with zero attached hydrogens (tertiary/aromatic N) is 1. The summed E-state index contributed by atoms with van der Waals surface area (Å²) < 4.78 is 10.2. The van der Waals surface area contributed by atoms with Crippen LogP contribution in [0.25, 0.3) is 0 Å².